The second kappa shape index (κ2) is 11.7. The Hall–Kier alpha value is -0.938. The van der Waals surface area contributed by atoms with E-state index in [4.69, 9.17) is 5.21 Å². The fraction of sp³-hybridized carbons (Fsp3) is 0.250. The molecule has 0 heterocycles. The van der Waals surface area contributed by atoms with Crippen molar-refractivity contribution in [3.05, 3.63) is 34.2 Å². The third kappa shape index (κ3) is 8.84. The Bertz CT molecular complexity index is 508. The van der Waals surface area contributed by atoms with Crippen molar-refractivity contribution in [1.82, 2.24) is 0 Å². The number of nitrogens with one attached hydrogen (secondary N) is 1. The summed E-state index contributed by atoms with van der Waals surface area (Å²) in [5, 5.41) is 18.1. The molecule has 9 heteroatoms. The summed E-state index contributed by atoms with van der Waals surface area (Å²) in [5.41, 5.74) is 5.04. The minimum atomic E-state index is -0.409. The van der Waals surface area contributed by atoms with Crippen LogP contribution >= 0.6 is 25.5 Å². The molecule has 0 aliphatic heterocycles. The van der Waals surface area contributed by atoms with Gasteiger partial charge in [-0.3, -0.25) is 0 Å². The van der Waals surface area contributed by atoms with Crippen molar-refractivity contribution in [2.75, 3.05) is 11.9 Å². The molecule has 0 saturated heterocycles. The topological polar surface area (TPSA) is 88.2 Å². The number of halogens is 2. The van der Waals surface area contributed by atoms with Crippen molar-refractivity contribution in [2.24, 2.45) is 10.3 Å². The molecule has 1 amide bonds. The molecule has 0 aliphatic rings. The number of nitrogens with zero attached hydrogens (tertiary/aromatic N) is 3. The van der Waals surface area contributed by atoms with Crippen molar-refractivity contribution in [3.63, 3.8) is 0 Å². The summed E-state index contributed by atoms with van der Waals surface area (Å²) in [5.74, 6) is -0.409. The second-order valence-electron chi connectivity index (χ2n) is 3.73. The van der Waals surface area contributed by atoms with E-state index in [2.05, 4.69) is 64.6 Å². The maximum absolute atomic E-state index is 11.5. The molecular formula is C12H14BrClN4O2Pd. The van der Waals surface area contributed by atoms with Crippen LogP contribution in [0.1, 0.15) is 13.8 Å². The van der Waals surface area contributed by atoms with Crippen molar-refractivity contribution in [3.8, 4) is 0 Å². The average Bonchev–Trinajstić information content (AvgIpc) is 2.53. The number of hydrogen-bond donors (Lipinski definition) is 2. The second-order valence-corrected chi connectivity index (χ2v) is 4.64. The van der Waals surface area contributed by atoms with Crippen LogP contribution in [-0.2, 0) is 23.0 Å². The van der Waals surface area contributed by atoms with Crippen LogP contribution in [0.3, 0.4) is 0 Å². The number of carbonyl (C=O) groups is 1. The van der Waals surface area contributed by atoms with Crippen molar-refractivity contribution >= 4 is 48.5 Å². The van der Waals surface area contributed by atoms with Gasteiger partial charge in [0.25, 0.3) is 0 Å². The number of rotatable bonds is 5. The maximum atomic E-state index is 11.5. The van der Waals surface area contributed by atoms with Crippen LogP contribution in [0.2, 0.25) is 0 Å². The van der Waals surface area contributed by atoms with Crippen LogP contribution in [0.5, 0.6) is 0 Å². The summed E-state index contributed by atoms with van der Waals surface area (Å²) >= 11 is 5.55. The summed E-state index contributed by atoms with van der Waals surface area (Å²) in [6, 6.07) is 7.42. The molecular weight excluding hydrogens is 454 g/mol. The van der Waals surface area contributed by atoms with Gasteiger partial charge in [0.15, 0.2) is 0 Å². The number of amides is 1. The normalized spacial score (nSPS) is 11.3. The van der Waals surface area contributed by atoms with E-state index >= 15 is 0 Å². The zero-order chi connectivity index (χ0) is 16.3. The average molecular weight is 468 g/mol. The van der Waals surface area contributed by atoms with Gasteiger partial charge in [0.1, 0.15) is 0 Å². The van der Waals surface area contributed by atoms with Crippen molar-refractivity contribution < 1.29 is 28.2 Å². The summed E-state index contributed by atoms with van der Waals surface area (Å²) in [6.45, 7) is 3.22. The molecule has 6 nitrogen and oxygen atoms in total. The fourth-order valence-electron chi connectivity index (χ4n) is 1.06. The quantitative estimate of drug-likeness (QED) is 0.299. The molecule has 118 valence electrons. The van der Waals surface area contributed by atoms with Gasteiger partial charge >= 0.3 is 27.7 Å². The van der Waals surface area contributed by atoms with Gasteiger partial charge in [-0.15, -0.1) is 0 Å². The molecule has 0 spiro atoms. The predicted molar refractivity (Wildman–Crippen MR) is 84.9 cm³/mol. The van der Waals surface area contributed by atoms with E-state index < -0.39 is 5.91 Å². The van der Waals surface area contributed by atoms with Crippen LogP contribution in [0.25, 0.3) is 5.43 Å². The minimum absolute atomic E-state index is 0.0493. The van der Waals surface area contributed by atoms with Gasteiger partial charge in [-0.1, -0.05) is 21.1 Å². The summed E-state index contributed by atoms with van der Waals surface area (Å²) in [4.78, 5) is 11.5. The third-order valence-corrected chi connectivity index (χ3v) is 2.80. The molecule has 1 aromatic rings. The van der Waals surface area contributed by atoms with Gasteiger partial charge < -0.3 is 25.8 Å². The van der Waals surface area contributed by atoms with E-state index in [1.807, 2.05) is 24.3 Å². The molecule has 0 atom stereocenters. The zero-order valence-electron chi connectivity index (χ0n) is 11.3. The Morgan fingerprint density at radius 2 is 1.90 bits per heavy atom. The first-order valence-corrected chi connectivity index (χ1v) is 8.41. The van der Waals surface area contributed by atoms with E-state index in [9.17, 15) is 4.79 Å². The predicted octanol–water partition coefficient (Wildman–Crippen LogP) is 3.67. The van der Waals surface area contributed by atoms with Gasteiger partial charge in [-0.2, -0.15) is 0 Å². The Morgan fingerprint density at radius 1 is 1.33 bits per heavy atom. The molecule has 0 saturated carbocycles. The molecule has 0 fully saturated rings. The number of carbonyl (C=O) groups excluding carboxylic acids is 1. The molecule has 0 aromatic heterocycles. The van der Waals surface area contributed by atoms with E-state index in [0.717, 1.165) is 10.2 Å². The van der Waals surface area contributed by atoms with E-state index in [1.165, 1.54) is 0 Å². The van der Waals surface area contributed by atoms with Crippen LogP contribution in [0.15, 0.2) is 39.0 Å². The van der Waals surface area contributed by atoms with Crippen LogP contribution < -0.4 is 5.32 Å². The summed E-state index contributed by atoms with van der Waals surface area (Å²) < 4.78 is 0.966. The van der Waals surface area contributed by atoms with Crippen LogP contribution in [0, 0.1) is 0 Å². The molecule has 0 unspecified atom stereocenters. The first-order chi connectivity index (χ1) is 10.0. The van der Waals surface area contributed by atoms with E-state index in [0.29, 0.717) is 11.4 Å². The van der Waals surface area contributed by atoms with Crippen LogP contribution in [-0.4, -0.2) is 29.1 Å². The van der Waals surface area contributed by atoms with E-state index in [1.54, 1.807) is 13.8 Å². The summed E-state index contributed by atoms with van der Waals surface area (Å²) in [6.07, 6.45) is 0. The Morgan fingerprint density at radius 3 is 2.43 bits per heavy atom. The number of anilines is 1. The zero-order valence-corrected chi connectivity index (χ0v) is 15.2. The Kier molecular flexibility index (Phi) is 11.2. The van der Waals surface area contributed by atoms with Gasteiger partial charge in [-0.05, 0) is 38.1 Å². The van der Waals surface area contributed by atoms with Gasteiger partial charge in [0.05, 0.1) is 18.2 Å². The first kappa shape index (κ1) is 20.1. The standard InChI is InChI=1S/C12H15BrN4O2.ClH.Pd/c1-8(9(2)17-19)15-16-12(18)7-14-11-5-3-10(13)4-6-11;;/h3-6,14H,7H2,1-2H3,(H2,15,16,17,18,19);1H;/q;;+2/p-2. The van der Waals surface area contributed by atoms with E-state index in [-0.39, 0.29) is 6.54 Å². The molecule has 1 rings (SSSR count). The summed E-state index contributed by atoms with van der Waals surface area (Å²) in [7, 11) is 4.49. The van der Waals surface area contributed by atoms with Gasteiger partial charge in [0.2, 0.25) is 0 Å². The first-order valence-electron chi connectivity index (χ1n) is 5.61. The molecule has 21 heavy (non-hydrogen) atoms. The number of oxime groups is 1. The fourth-order valence-corrected chi connectivity index (χ4v) is 1.32. The molecule has 2 N–H and O–H groups in total. The number of benzene rings is 1. The third-order valence-electron chi connectivity index (χ3n) is 2.27. The molecule has 0 bridgehead atoms. The molecule has 0 aliphatic carbocycles. The SMILES string of the molecule is CC(=N/[N-]C(=O)CNc1ccc(Br)cc1)/C(C)=N/O.[Cl][Pd+]. The van der Waals surface area contributed by atoms with Gasteiger partial charge in [-0.25, -0.2) is 0 Å². The monoisotopic (exact) mass is 466 g/mol. The Labute approximate surface area is 146 Å². The number of hydrogen-bond acceptors (Lipinski definition) is 5. The van der Waals surface area contributed by atoms with Crippen LogP contribution in [0.4, 0.5) is 5.69 Å². The van der Waals surface area contributed by atoms with Gasteiger partial charge in [0, 0.05) is 15.9 Å². The molecule has 0 radical (unpaired) electrons. The van der Waals surface area contributed by atoms with Crippen molar-refractivity contribution in [2.45, 2.75) is 13.8 Å². The Balaban J connectivity index is 0.00000191. The van der Waals surface area contributed by atoms with Crippen molar-refractivity contribution in [1.29, 1.82) is 0 Å². The molecule has 1 aromatic carbocycles.